The zero-order chi connectivity index (χ0) is 33.0. The first-order chi connectivity index (χ1) is 21.7. The Balaban J connectivity index is 1.48. The quantitative estimate of drug-likeness (QED) is 0.180. The number of nitrogens with zero attached hydrogens (tertiary/aromatic N) is 7. The summed E-state index contributed by atoms with van der Waals surface area (Å²) in [5, 5.41) is 7.32. The van der Waals surface area contributed by atoms with Gasteiger partial charge in [-0.25, -0.2) is 28.7 Å². The third-order valence-electron chi connectivity index (χ3n) is 7.72. The molecule has 0 saturated heterocycles. The predicted molar refractivity (Wildman–Crippen MR) is 162 cm³/mol. The van der Waals surface area contributed by atoms with Crippen molar-refractivity contribution in [1.82, 2.24) is 29.2 Å². The van der Waals surface area contributed by atoms with Gasteiger partial charge in [0, 0.05) is 0 Å². The van der Waals surface area contributed by atoms with E-state index in [1.54, 1.807) is 43.5 Å². The van der Waals surface area contributed by atoms with Gasteiger partial charge in [-0.1, -0.05) is 18.2 Å². The summed E-state index contributed by atoms with van der Waals surface area (Å²) in [6.07, 6.45) is -0.506. The van der Waals surface area contributed by atoms with Crippen LogP contribution in [0, 0.1) is 13.5 Å². The lowest BCUT2D eigenvalue weighted by Crippen LogP contribution is -2.42. The Morgan fingerprint density at radius 3 is 2.46 bits per heavy atom. The fourth-order valence-corrected chi connectivity index (χ4v) is 5.42. The molecule has 1 aliphatic rings. The zero-order valence-corrected chi connectivity index (χ0v) is 25.5. The fraction of sp³-hybridized carbons (Fsp3) is 0.281. The summed E-state index contributed by atoms with van der Waals surface area (Å²) < 4.78 is 51.1. The highest BCUT2D eigenvalue weighted by Crippen LogP contribution is 2.45. The Morgan fingerprint density at radius 2 is 1.83 bits per heavy atom. The average molecular weight is 632 g/mol. The number of amides is 1. The molecule has 11 nitrogen and oxygen atoms in total. The summed E-state index contributed by atoms with van der Waals surface area (Å²) in [6.45, 7) is 9.37. The first kappa shape index (κ1) is 30.6. The summed E-state index contributed by atoms with van der Waals surface area (Å²) in [5.41, 5.74) is -1.19. The highest BCUT2D eigenvalue weighted by molar-refractivity contribution is 5.84. The molecule has 14 heteroatoms. The number of hydrogen-bond donors (Lipinski definition) is 1. The lowest BCUT2D eigenvalue weighted by atomic mass is 10.2. The van der Waals surface area contributed by atoms with Crippen molar-refractivity contribution < 1.29 is 26.9 Å². The van der Waals surface area contributed by atoms with Crippen molar-refractivity contribution in [3.8, 4) is 22.8 Å². The van der Waals surface area contributed by atoms with Crippen LogP contribution in [0.15, 0.2) is 76.2 Å². The monoisotopic (exact) mass is 631 g/mol. The lowest BCUT2D eigenvalue weighted by molar-refractivity contribution is -0.884. The Labute approximate surface area is 261 Å². The van der Waals surface area contributed by atoms with Crippen LogP contribution in [0.25, 0.3) is 27.6 Å². The van der Waals surface area contributed by atoms with Gasteiger partial charge in [0.1, 0.15) is 17.8 Å². The molecular formula is C32H30F3N8O3+. The van der Waals surface area contributed by atoms with Crippen molar-refractivity contribution >= 4 is 11.7 Å². The van der Waals surface area contributed by atoms with Crippen LogP contribution in [-0.2, 0) is 18.3 Å². The minimum absolute atomic E-state index is 0.0589. The van der Waals surface area contributed by atoms with Crippen molar-refractivity contribution in [3.05, 3.63) is 112 Å². The van der Waals surface area contributed by atoms with Gasteiger partial charge in [-0.3, -0.25) is 4.57 Å². The number of hydrogen-bond acceptors (Lipinski definition) is 5. The van der Waals surface area contributed by atoms with Gasteiger partial charge in [0.25, 0.3) is 0 Å². The molecule has 1 fully saturated rings. The number of benzene rings is 2. The molecule has 3 heterocycles. The molecule has 2 aromatic carbocycles. The number of rotatable bonds is 7. The summed E-state index contributed by atoms with van der Waals surface area (Å²) in [7, 11) is 6.02. The van der Waals surface area contributed by atoms with Crippen molar-refractivity contribution in [3.63, 3.8) is 0 Å². The molecule has 0 spiro atoms. The van der Waals surface area contributed by atoms with E-state index in [2.05, 4.69) is 20.2 Å². The maximum absolute atomic E-state index is 14.1. The van der Waals surface area contributed by atoms with E-state index in [0.717, 1.165) is 21.3 Å². The van der Waals surface area contributed by atoms with E-state index in [9.17, 15) is 22.8 Å². The van der Waals surface area contributed by atoms with Crippen molar-refractivity contribution in [2.45, 2.75) is 38.0 Å². The third-order valence-corrected chi connectivity index (χ3v) is 7.72. The minimum Gasteiger partial charge on any atom is -0.437 e. The molecular weight excluding hydrogens is 601 g/mol. The van der Waals surface area contributed by atoms with E-state index in [1.165, 1.54) is 23.0 Å². The standard InChI is InChI=1S/C32H29F3N8O3/c1-20-27(26-13-16-38-42(26)23-11-9-22(36-2)10-12-23)41(30(45)40(20)24-8-6-7-21(17-24)32(33,34)35)29(44)39-31(14-15-31)28-37-18-25(46-28)19-43(3,4)5/h6-13,16-18H,14-15,19H2,1,3-5H3/p+1. The maximum atomic E-state index is 14.1. The molecule has 1 saturated carbocycles. The number of carbonyl (C=O) groups excluding carboxylic acids is 1. The van der Waals surface area contributed by atoms with E-state index in [-0.39, 0.29) is 17.1 Å². The molecule has 0 aliphatic heterocycles. The number of aromatic nitrogens is 5. The van der Waals surface area contributed by atoms with Crippen LogP contribution in [0.5, 0.6) is 0 Å². The van der Waals surface area contributed by atoms with Gasteiger partial charge in [0.15, 0.2) is 11.4 Å². The second kappa shape index (κ2) is 10.9. The number of quaternary nitrogens is 1. The van der Waals surface area contributed by atoms with Crippen LogP contribution in [-0.4, -0.2) is 55.6 Å². The first-order valence-corrected chi connectivity index (χ1v) is 14.3. The summed E-state index contributed by atoms with van der Waals surface area (Å²) in [6, 6.07) is 11.7. The predicted octanol–water partition coefficient (Wildman–Crippen LogP) is 5.81. The Bertz CT molecular complexity index is 2050. The van der Waals surface area contributed by atoms with Gasteiger partial charge in [-0.15, -0.1) is 0 Å². The number of imidazole rings is 1. The molecule has 1 aliphatic carbocycles. The normalized spacial score (nSPS) is 14.2. The van der Waals surface area contributed by atoms with E-state index in [0.29, 0.717) is 52.6 Å². The van der Waals surface area contributed by atoms with Gasteiger partial charge < -0.3 is 14.2 Å². The second-order valence-corrected chi connectivity index (χ2v) is 12.3. The van der Waals surface area contributed by atoms with Crippen LogP contribution in [0.4, 0.5) is 23.7 Å². The smallest absolute Gasteiger partial charge is 0.416 e. The van der Waals surface area contributed by atoms with E-state index in [4.69, 9.17) is 11.0 Å². The number of oxazole rings is 1. The molecule has 6 rings (SSSR count). The molecule has 3 aromatic heterocycles. The number of nitrogens with one attached hydrogen (secondary N) is 1. The molecule has 5 aromatic rings. The number of alkyl halides is 3. The lowest BCUT2D eigenvalue weighted by Gasteiger charge is -2.22. The van der Waals surface area contributed by atoms with Gasteiger partial charge in [0.2, 0.25) is 5.89 Å². The number of carbonyl (C=O) groups is 1. The fourth-order valence-electron chi connectivity index (χ4n) is 5.42. The maximum Gasteiger partial charge on any atom is 0.416 e. The van der Waals surface area contributed by atoms with Crippen LogP contribution in [0.3, 0.4) is 0 Å². The van der Waals surface area contributed by atoms with Crippen LogP contribution in [0.1, 0.15) is 35.7 Å². The molecule has 236 valence electrons. The SMILES string of the molecule is [C-]#[N+]c1ccc(-n2nccc2-c2c(C)n(-c3cccc(C(F)(F)F)c3)c(=O)n2C(=O)NC2(c3ncc(C[N+](C)(C)C)o3)CC2)cc1. The Morgan fingerprint density at radius 1 is 1.11 bits per heavy atom. The van der Waals surface area contributed by atoms with E-state index < -0.39 is 29.0 Å². The van der Waals surface area contributed by atoms with Gasteiger partial charge in [0.05, 0.1) is 68.4 Å². The van der Waals surface area contributed by atoms with Gasteiger partial charge >= 0.3 is 17.9 Å². The van der Waals surface area contributed by atoms with Crippen LogP contribution >= 0.6 is 0 Å². The molecule has 1 amide bonds. The van der Waals surface area contributed by atoms with Gasteiger partial charge in [-0.05, 0) is 56.2 Å². The van der Waals surface area contributed by atoms with Crippen LogP contribution < -0.4 is 11.0 Å². The highest BCUT2D eigenvalue weighted by atomic mass is 19.4. The molecule has 0 bridgehead atoms. The van der Waals surface area contributed by atoms with Gasteiger partial charge in [-0.2, -0.15) is 18.3 Å². The minimum atomic E-state index is -4.65. The van der Waals surface area contributed by atoms with Crippen molar-refractivity contribution in [2.75, 3.05) is 21.1 Å². The first-order valence-electron chi connectivity index (χ1n) is 14.3. The topological polar surface area (TPSA) is 104 Å². The number of halogens is 3. The Kier molecular flexibility index (Phi) is 7.24. The summed E-state index contributed by atoms with van der Waals surface area (Å²) in [4.78, 5) is 36.1. The molecule has 0 radical (unpaired) electrons. The molecule has 1 N–H and O–H groups in total. The molecule has 0 atom stereocenters. The third kappa shape index (κ3) is 5.61. The van der Waals surface area contributed by atoms with Crippen molar-refractivity contribution in [1.29, 1.82) is 0 Å². The summed E-state index contributed by atoms with van der Waals surface area (Å²) >= 11 is 0. The zero-order valence-electron chi connectivity index (χ0n) is 25.5. The van der Waals surface area contributed by atoms with E-state index in [1.807, 2.05) is 21.1 Å². The molecule has 46 heavy (non-hydrogen) atoms. The molecule has 0 unspecified atom stereocenters. The highest BCUT2D eigenvalue weighted by Gasteiger charge is 2.51. The second-order valence-electron chi connectivity index (χ2n) is 12.3. The van der Waals surface area contributed by atoms with Crippen LogP contribution in [0.2, 0.25) is 0 Å². The van der Waals surface area contributed by atoms with Crippen molar-refractivity contribution in [2.24, 2.45) is 0 Å². The van der Waals surface area contributed by atoms with E-state index >= 15 is 0 Å². The average Bonchev–Trinajstić information content (AvgIpc) is 3.29. The largest absolute Gasteiger partial charge is 0.437 e. The summed E-state index contributed by atoms with van der Waals surface area (Å²) in [5.74, 6) is 0.957. The Hall–Kier alpha value is -5.42.